The molecule has 15 heavy (non-hydrogen) atoms. The van der Waals surface area contributed by atoms with E-state index in [0.29, 0.717) is 12.5 Å². The van der Waals surface area contributed by atoms with Crippen molar-refractivity contribution in [2.24, 2.45) is 11.3 Å². The maximum atomic E-state index is 11.6. The van der Waals surface area contributed by atoms with Gasteiger partial charge < -0.3 is 10.1 Å². The van der Waals surface area contributed by atoms with E-state index in [0.717, 1.165) is 38.9 Å². The average molecular weight is 208 g/mol. The maximum Gasteiger partial charge on any atom is 0.240 e. The summed E-state index contributed by atoms with van der Waals surface area (Å²) in [5, 5.41) is 11.7. The van der Waals surface area contributed by atoms with Crippen molar-refractivity contribution in [1.82, 2.24) is 5.32 Å². The molecule has 1 aliphatic carbocycles. The van der Waals surface area contributed by atoms with E-state index >= 15 is 0 Å². The predicted molar refractivity (Wildman–Crippen MR) is 53.8 cm³/mol. The molecule has 4 nitrogen and oxygen atoms in total. The van der Waals surface area contributed by atoms with Gasteiger partial charge in [0, 0.05) is 13.2 Å². The Hall–Kier alpha value is -1.08. The minimum absolute atomic E-state index is 0.0874. The fourth-order valence-corrected chi connectivity index (χ4v) is 1.89. The van der Waals surface area contributed by atoms with Gasteiger partial charge in [0.05, 0.1) is 12.7 Å². The van der Waals surface area contributed by atoms with Crippen LogP contribution in [0.2, 0.25) is 0 Å². The molecular formula is C11H16N2O2. The molecule has 0 aromatic carbocycles. The Morgan fingerprint density at radius 3 is 2.93 bits per heavy atom. The van der Waals surface area contributed by atoms with Crippen LogP contribution in [-0.2, 0) is 9.53 Å². The summed E-state index contributed by atoms with van der Waals surface area (Å²) in [4.78, 5) is 11.6. The van der Waals surface area contributed by atoms with Gasteiger partial charge in [-0.05, 0) is 31.6 Å². The molecule has 2 fully saturated rings. The van der Waals surface area contributed by atoms with Gasteiger partial charge in [-0.2, -0.15) is 5.26 Å². The maximum absolute atomic E-state index is 11.6. The Bertz CT molecular complexity index is 285. The number of hydrogen-bond donors (Lipinski definition) is 1. The van der Waals surface area contributed by atoms with Crippen molar-refractivity contribution >= 4 is 5.91 Å². The largest absolute Gasteiger partial charge is 0.381 e. The van der Waals surface area contributed by atoms with Crippen molar-refractivity contribution in [3.05, 3.63) is 0 Å². The van der Waals surface area contributed by atoms with E-state index < -0.39 is 5.41 Å². The summed E-state index contributed by atoms with van der Waals surface area (Å²) in [5.74, 6) is 0.341. The molecule has 1 saturated heterocycles. The standard InChI is InChI=1S/C11H16N2O2/c12-8-11(3-4-11)10(14)13-6-9-2-1-5-15-7-9/h9H,1-7H2,(H,13,14). The molecule has 1 aliphatic heterocycles. The van der Waals surface area contributed by atoms with Gasteiger partial charge in [0.1, 0.15) is 5.41 Å². The number of carbonyl (C=O) groups excluding carboxylic acids is 1. The van der Waals surface area contributed by atoms with Crippen LogP contribution in [0.1, 0.15) is 25.7 Å². The first-order chi connectivity index (χ1) is 7.27. The number of nitrogens with one attached hydrogen (secondary N) is 1. The molecule has 0 spiro atoms. The third-order valence-corrected chi connectivity index (χ3v) is 3.20. The molecule has 82 valence electrons. The predicted octanol–water partition coefficient (Wildman–Crippen LogP) is 0.833. The molecule has 2 rings (SSSR count). The molecule has 4 heteroatoms. The van der Waals surface area contributed by atoms with Crippen molar-refractivity contribution in [2.45, 2.75) is 25.7 Å². The number of nitriles is 1. The molecule has 1 atom stereocenters. The minimum Gasteiger partial charge on any atom is -0.381 e. The quantitative estimate of drug-likeness (QED) is 0.747. The highest BCUT2D eigenvalue weighted by Gasteiger charge is 2.50. The monoisotopic (exact) mass is 208 g/mol. The number of rotatable bonds is 3. The van der Waals surface area contributed by atoms with Gasteiger partial charge >= 0.3 is 0 Å². The van der Waals surface area contributed by atoms with Crippen molar-refractivity contribution in [2.75, 3.05) is 19.8 Å². The van der Waals surface area contributed by atoms with E-state index in [9.17, 15) is 4.79 Å². The zero-order valence-corrected chi connectivity index (χ0v) is 8.79. The molecular weight excluding hydrogens is 192 g/mol. The Kier molecular flexibility index (Phi) is 2.92. The average Bonchev–Trinajstić information content (AvgIpc) is 3.08. The lowest BCUT2D eigenvalue weighted by atomic mass is 10.0. The van der Waals surface area contributed by atoms with Crippen LogP contribution in [0.4, 0.5) is 0 Å². The van der Waals surface area contributed by atoms with Crippen LogP contribution in [-0.4, -0.2) is 25.7 Å². The summed E-state index contributed by atoms with van der Waals surface area (Å²) < 4.78 is 5.33. The molecule has 0 aromatic rings. The third kappa shape index (κ3) is 2.29. The third-order valence-electron chi connectivity index (χ3n) is 3.20. The Morgan fingerprint density at radius 1 is 1.60 bits per heavy atom. The van der Waals surface area contributed by atoms with Crippen molar-refractivity contribution in [3.8, 4) is 6.07 Å². The van der Waals surface area contributed by atoms with Gasteiger partial charge in [-0.15, -0.1) is 0 Å². The lowest BCUT2D eigenvalue weighted by Crippen LogP contribution is -2.37. The molecule has 1 unspecified atom stereocenters. The highest BCUT2D eigenvalue weighted by Crippen LogP contribution is 2.44. The number of hydrogen-bond acceptors (Lipinski definition) is 3. The summed E-state index contributed by atoms with van der Waals surface area (Å²) in [7, 11) is 0. The second-order valence-electron chi connectivity index (χ2n) is 4.49. The zero-order valence-electron chi connectivity index (χ0n) is 8.79. The Balaban J connectivity index is 1.73. The van der Waals surface area contributed by atoms with Crippen LogP contribution in [0.15, 0.2) is 0 Å². The molecule has 1 N–H and O–H groups in total. The first-order valence-electron chi connectivity index (χ1n) is 5.54. The van der Waals surface area contributed by atoms with Crippen LogP contribution in [0, 0.1) is 22.7 Å². The van der Waals surface area contributed by atoms with Crippen LogP contribution in [0.3, 0.4) is 0 Å². The van der Waals surface area contributed by atoms with Gasteiger partial charge in [-0.25, -0.2) is 0 Å². The zero-order chi connectivity index (χ0) is 10.7. The molecule has 0 radical (unpaired) electrons. The minimum atomic E-state index is -0.685. The van der Waals surface area contributed by atoms with Crippen LogP contribution in [0.5, 0.6) is 0 Å². The first-order valence-corrected chi connectivity index (χ1v) is 5.54. The normalized spacial score (nSPS) is 27.8. The summed E-state index contributed by atoms with van der Waals surface area (Å²) in [5.41, 5.74) is -0.685. The van der Waals surface area contributed by atoms with Gasteiger partial charge in [-0.1, -0.05) is 0 Å². The van der Waals surface area contributed by atoms with E-state index in [4.69, 9.17) is 10.00 Å². The fourth-order valence-electron chi connectivity index (χ4n) is 1.89. The molecule has 1 saturated carbocycles. The molecule has 0 aromatic heterocycles. The summed E-state index contributed by atoms with van der Waals surface area (Å²) in [6.07, 6.45) is 3.62. The topological polar surface area (TPSA) is 62.1 Å². The van der Waals surface area contributed by atoms with Crippen molar-refractivity contribution in [1.29, 1.82) is 5.26 Å². The molecule has 2 aliphatic rings. The second-order valence-corrected chi connectivity index (χ2v) is 4.49. The Labute approximate surface area is 89.6 Å². The van der Waals surface area contributed by atoms with Crippen molar-refractivity contribution in [3.63, 3.8) is 0 Å². The SMILES string of the molecule is N#CC1(C(=O)NCC2CCCOC2)CC1. The van der Waals surface area contributed by atoms with Gasteiger partial charge in [-0.3, -0.25) is 4.79 Å². The van der Waals surface area contributed by atoms with E-state index in [1.165, 1.54) is 0 Å². The van der Waals surface area contributed by atoms with Crippen LogP contribution in [0.25, 0.3) is 0 Å². The number of carbonyl (C=O) groups is 1. The van der Waals surface area contributed by atoms with E-state index in [-0.39, 0.29) is 5.91 Å². The Morgan fingerprint density at radius 2 is 2.40 bits per heavy atom. The summed E-state index contributed by atoms with van der Waals surface area (Å²) >= 11 is 0. The smallest absolute Gasteiger partial charge is 0.240 e. The fraction of sp³-hybridized carbons (Fsp3) is 0.818. The number of ether oxygens (including phenoxy) is 1. The summed E-state index contributed by atoms with van der Waals surface area (Å²) in [6.45, 7) is 2.23. The lowest BCUT2D eigenvalue weighted by molar-refractivity contribution is -0.124. The number of nitrogens with zero attached hydrogens (tertiary/aromatic N) is 1. The van der Waals surface area contributed by atoms with E-state index in [1.807, 2.05) is 0 Å². The number of amides is 1. The van der Waals surface area contributed by atoms with Gasteiger partial charge in [0.25, 0.3) is 0 Å². The highest BCUT2D eigenvalue weighted by molar-refractivity contribution is 5.88. The van der Waals surface area contributed by atoms with Gasteiger partial charge in [0.2, 0.25) is 5.91 Å². The molecule has 1 heterocycles. The molecule has 1 amide bonds. The lowest BCUT2D eigenvalue weighted by Gasteiger charge is -2.22. The van der Waals surface area contributed by atoms with Gasteiger partial charge in [0.15, 0.2) is 0 Å². The molecule has 0 bridgehead atoms. The van der Waals surface area contributed by atoms with Crippen molar-refractivity contribution < 1.29 is 9.53 Å². The highest BCUT2D eigenvalue weighted by atomic mass is 16.5. The van der Waals surface area contributed by atoms with Crippen LogP contribution < -0.4 is 5.32 Å². The summed E-state index contributed by atoms with van der Waals surface area (Å²) in [6, 6.07) is 2.10. The van der Waals surface area contributed by atoms with Crippen LogP contribution >= 0.6 is 0 Å². The second kappa shape index (κ2) is 4.19. The van der Waals surface area contributed by atoms with E-state index in [2.05, 4.69) is 11.4 Å². The first kappa shape index (κ1) is 10.4. The van der Waals surface area contributed by atoms with E-state index in [1.54, 1.807) is 0 Å².